The summed E-state index contributed by atoms with van der Waals surface area (Å²) in [6.07, 6.45) is 0. The first-order valence-electron chi connectivity index (χ1n) is 3.68. The lowest BCUT2D eigenvalue weighted by atomic mass is 10.2. The Morgan fingerprint density at radius 2 is 1.92 bits per heavy atom. The van der Waals surface area contributed by atoms with Crippen LogP contribution in [-0.4, -0.2) is 18.0 Å². The van der Waals surface area contributed by atoms with E-state index in [2.05, 4.69) is 21.0 Å². The highest BCUT2D eigenvalue weighted by atomic mass is 79.9. The fraction of sp³-hybridized carbons (Fsp3) is 0.125. The fourth-order valence-electron chi connectivity index (χ4n) is 0.848. The van der Waals surface area contributed by atoms with Gasteiger partial charge in [-0.1, -0.05) is 28.1 Å². The van der Waals surface area contributed by atoms with E-state index in [-0.39, 0.29) is 0 Å². The minimum absolute atomic E-state index is 0.400. The van der Waals surface area contributed by atoms with Crippen molar-refractivity contribution in [3.63, 3.8) is 0 Å². The normalized spacial score (nSPS) is 11.5. The summed E-state index contributed by atoms with van der Waals surface area (Å²) in [5.74, 6) is 5.72. The van der Waals surface area contributed by atoms with Gasteiger partial charge in [-0.25, -0.2) is 11.0 Å². The lowest BCUT2D eigenvalue weighted by molar-refractivity contribution is 0.371. The molecule has 1 aromatic carbocycles. The molecule has 0 radical (unpaired) electrons. The second-order valence-corrected chi connectivity index (χ2v) is 3.48. The molecule has 0 spiro atoms. The van der Waals surface area contributed by atoms with Crippen LogP contribution >= 0.6 is 15.9 Å². The number of halogens is 1. The molecule has 5 heteroatoms. The van der Waals surface area contributed by atoms with Crippen LogP contribution in [0.15, 0.2) is 33.8 Å². The molecule has 0 heterocycles. The summed E-state index contributed by atoms with van der Waals surface area (Å²) in [5, 5.41) is 5.05. The minimum atomic E-state index is 0.400. The summed E-state index contributed by atoms with van der Waals surface area (Å²) >= 11 is 3.33. The largest absolute Gasteiger partial charge is 0.382 e. The van der Waals surface area contributed by atoms with Crippen LogP contribution in [0.1, 0.15) is 5.56 Å². The molecule has 0 saturated heterocycles. The molecule has 0 unspecified atom stereocenters. The summed E-state index contributed by atoms with van der Waals surface area (Å²) in [5.41, 5.74) is 6.51. The Morgan fingerprint density at radius 3 is 2.38 bits per heavy atom. The van der Waals surface area contributed by atoms with Gasteiger partial charge in [0.15, 0.2) is 5.84 Å². The van der Waals surface area contributed by atoms with Gasteiger partial charge in [-0.05, 0) is 12.1 Å². The maximum absolute atomic E-state index is 5.66. The smallest absolute Gasteiger partial charge is 0.152 e. The second kappa shape index (κ2) is 4.25. The quantitative estimate of drug-likeness (QED) is 0.350. The van der Waals surface area contributed by atoms with Gasteiger partial charge in [0.1, 0.15) is 0 Å². The Balaban J connectivity index is 2.89. The van der Waals surface area contributed by atoms with Gasteiger partial charge >= 0.3 is 0 Å². The molecule has 4 N–H and O–H groups in total. The highest BCUT2D eigenvalue weighted by Gasteiger charge is 1.97. The molecule has 1 rings (SSSR count). The van der Waals surface area contributed by atoms with E-state index in [9.17, 15) is 0 Å². The third-order valence-electron chi connectivity index (χ3n) is 1.41. The highest BCUT2D eigenvalue weighted by Crippen LogP contribution is 2.10. The molecule has 0 saturated carbocycles. The molecule has 0 aliphatic heterocycles. The molecule has 0 atom stereocenters. The Morgan fingerprint density at radius 1 is 1.38 bits per heavy atom. The lowest BCUT2D eigenvalue weighted by Crippen LogP contribution is -2.25. The van der Waals surface area contributed by atoms with Crippen molar-refractivity contribution in [2.45, 2.75) is 0 Å². The summed E-state index contributed by atoms with van der Waals surface area (Å²) in [6.45, 7) is 0. The van der Waals surface area contributed by atoms with Crippen molar-refractivity contribution in [2.75, 3.05) is 7.05 Å². The third kappa shape index (κ3) is 3.04. The van der Waals surface area contributed by atoms with Gasteiger partial charge in [-0.15, -0.1) is 5.10 Å². The van der Waals surface area contributed by atoms with Crippen LogP contribution in [0.3, 0.4) is 0 Å². The number of hydrogen-bond acceptors (Lipinski definition) is 3. The number of nitrogens with two attached hydrogens (primary N) is 2. The van der Waals surface area contributed by atoms with E-state index in [1.54, 1.807) is 7.05 Å². The molecule has 0 aliphatic carbocycles. The Kier molecular flexibility index (Phi) is 3.27. The number of hydrazone groups is 1. The van der Waals surface area contributed by atoms with Crippen molar-refractivity contribution >= 4 is 21.8 Å². The van der Waals surface area contributed by atoms with Crippen LogP contribution in [0.4, 0.5) is 0 Å². The molecule has 70 valence electrons. The van der Waals surface area contributed by atoms with E-state index < -0.39 is 0 Å². The fourth-order valence-corrected chi connectivity index (χ4v) is 1.11. The van der Waals surface area contributed by atoms with Crippen LogP contribution in [0, 0.1) is 0 Å². The summed E-state index contributed by atoms with van der Waals surface area (Å²) in [6, 6.07) is 7.53. The van der Waals surface area contributed by atoms with Crippen molar-refractivity contribution < 1.29 is 0 Å². The maximum Gasteiger partial charge on any atom is 0.152 e. The van der Waals surface area contributed by atoms with Gasteiger partial charge in [0, 0.05) is 17.1 Å². The topological polar surface area (TPSA) is 67.6 Å². The molecule has 4 nitrogen and oxygen atoms in total. The van der Waals surface area contributed by atoms with Crippen LogP contribution in [0.5, 0.6) is 0 Å². The molecule has 1 aromatic rings. The predicted octanol–water partition coefficient (Wildman–Crippen LogP) is 0.875. The van der Waals surface area contributed by atoms with Crippen LogP contribution < -0.4 is 11.6 Å². The summed E-state index contributed by atoms with van der Waals surface area (Å²) in [7, 11) is 1.62. The van der Waals surface area contributed by atoms with Crippen LogP contribution in [-0.2, 0) is 0 Å². The van der Waals surface area contributed by atoms with Crippen molar-refractivity contribution in [3.8, 4) is 0 Å². The van der Waals surface area contributed by atoms with E-state index in [1.165, 1.54) is 5.12 Å². The summed E-state index contributed by atoms with van der Waals surface area (Å²) < 4.78 is 1.00. The molecule has 0 aromatic heterocycles. The first-order chi connectivity index (χ1) is 6.09. The highest BCUT2D eigenvalue weighted by molar-refractivity contribution is 9.10. The van der Waals surface area contributed by atoms with Gasteiger partial charge in [0.05, 0.1) is 0 Å². The van der Waals surface area contributed by atoms with Gasteiger partial charge in [0.25, 0.3) is 0 Å². The van der Waals surface area contributed by atoms with E-state index in [0.29, 0.717) is 5.84 Å². The minimum Gasteiger partial charge on any atom is -0.382 e. The number of benzene rings is 1. The lowest BCUT2D eigenvalue weighted by Gasteiger charge is -2.06. The van der Waals surface area contributed by atoms with Crippen LogP contribution in [0.2, 0.25) is 0 Å². The van der Waals surface area contributed by atoms with Crippen LogP contribution in [0.25, 0.3) is 0 Å². The molecular weight excluding hydrogens is 232 g/mol. The average Bonchev–Trinajstić information content (AvgIpc) is 2.04. The molecular formula is C8H11BrN4. The zero-order valence-corrected chi connectivity index (χ0v) is 8.82. The summed E-state index contributed by atoms with van der Waals surface area (Å²) in [4.78, 5) is 0. The average molecular weight is 243 g/mol. The van der Waals surface area contributed by atoms with Crippen molar-refractivity contribution in [2.24, 2.45) is 16.7 Å². The van der Waals surface area contributed by atoms with Gasteiger partial charge in [0.2, 0.25) is 0 Å². The second-order valence-electron chi connectivity index (χ2n) is 2.57. The van der Waals surface area contributed by atoms with Crippen molar-refractivity contribution in [1.29, 1.82) is 0 Å². The van der Waals surface area contributed by atoms with Gasteiger partial charge in [-0.2, -0.15) is 0 Å². The molecule has 0 aliphatic rings. The zero-order valence-electron chi connectivity index (χ0n) is 7.24. The first kappa shape index (κ1) is 10.0. The standard InChI is InChI=1S/C8H11BrN4/c1-13(11)12-8(10)6-2-4-7(9)5-3-6/h2-5H,11H2,1H3,(H2,10,12). The van der Waals surface area contributed by atoms with Crippen molar-refractivity contribution in [1.82, 2.24) is 5.12 Å². The van der Waals surface area contributed by atoms with E-state index in [4.69, 9.17) is 11.6 Å². The number of hydrazine groups is 1. The monoisotopic (exact) mass is 242 g/mol. The Bertz CT molecular complexity index is 304. The molecule has 0 bridgehead atoms. The molecule has 13 heavy (non-hydrogen) atoms. The SMILES string of the molecule is CN(N)/N=C(\N)c1ccc(Br)cc1. The van der Waals surface area contributed by atoms with Gasteiger partial charge in [-0.3, -0.25) is 0 Å². The Labute approximate surface area is 85.3 Å². The van der Waals surface area contributed by atoms with Gasteiger partial charge < -0.3 is 5.73 Å². The predicted molar refractivity (Wildman–Crippen MR) is 56.8 cm³/mol. The molecule has 0 amide bonds. The zero-order chi connectivity index (χ0) is 9.84. The van der Waals surface area contributed by atoms with E-state index in [0.717, 1.165) is 10.0 Å². The first-order valence-corrected chi connectivity index (χ1v) is 4.47. The van der Waals surface area contributed by atoms with E-state index in [1.807, 2.05) is 24.3 Å². The number of hydrogen-bond donors (Lipinski definition) is 2. The number of nitrogens with zero attached hydrogens (tertiary/aromatic N) is 2. The number of rotatable bonds is 2. The van der Waals surface area contributed by atoms with E-state index >= 15 is 0 Å². The Hall–Kier alpha value is -1.07. The third-order valence-corrected chi connectivity index (χ3v) is 1.93. The molecule has 0 fully saturated rings. The maximum atomic E-state index is 5.66. The number of amidine groups is 1. The van der Waals surface area contributed by atoms with Crippen molar-refractivity contribution in [3.05, 3.63) is 34.3 Å².